The van der Waals surface area contributed by atoms with Crippen molar-refractivity contribution in [3.8, 4) is 0 Å². The lowest BCUT2D eigenvalue weighted by Gasteiger charge is -2.08. The Morgan fingerprint density at radius 3 is 2.32 bits per heavy atom. The number of rotatable bonds is 10. The molecule has 19 heavy (non-hydrogen) atoms. The number of carbonyl (C=O) groups is 2. The summed E-state index contributed by atoms with van der Waals surface area (Å²) in [5.74, 6) is -1.46. The minimum absolute atomic E-state index is 0.160. The first-order chi connectivity index (χ1) is 8.84. The SMILES string of the molecule is C=C(CCCCOC(=O)C(=C)CCC(C)O)C(=O)O. The molecule has 0 fully saturated rings. The van der Waals surface area contributed by atoms with Crippen molar-refractivity contribution in [1.29, 1.82) is 0 Å². The van der Waals surface area contributed by atoms with Gasteiger partial charge in [-0.3, -0.25) is 0 Å². The quantitative estimate of drug-likeness (QED) is 0.360. The third-order valence-electron chi connectivity index (χ3n) is 2.56. The van der Waals surface area contributed by atoms with Gasteiger partial charge in [-0.1, -0.05) is 13.2 Å². The lowest BCUT2D eigenvalue weighted by molar-refractivity contribution is -0.139. The highest BCUT2D eigenvalue weighted by molar-refractivity contribution is 5.87. The highest BCUT2D eigenvalue weighted by atomic mass is 16.5. The van der Waals surface area contributed by atoms with Gasteiger partial charge in [-0.05, 0) is 39.0 Å². The summed E-state index contributed by atoms with van der Waals surface area (Å²) in [4.78, 5) is 21.9. The zero-order valence-electron chi connectivity index (χ0n) is 11.4. The molecule has 108 valence electrons. The van der Waals surface area contributed by atoms with E-state index in [1.165, 1.54) is 0 Å². The number of carboxylic acid groups (broad SMARTS) is 1. The van der Waals surface area contributed by atoms with Crippen molar-refractivity contribution in [1.82, 2.24) is 0 Å². The summed E-state index contributed by atoms with van der Waals surface area (Å²) in [6.07, 6.45) is 2.00. The average Bonchev–Trinajstić information content (AvgIpc) is 2.34. The largest absolute Gasteiger partial charge is 0.478 e. The predicted molar refractivity (Wildman–Crippen MR) is 71.6 cm³/mol. The standard InChI is InChI=1S/C14H22O5/c1-10(13(16)17)6-4-5-9-19-14(18)11(2)7-8-12(3)15/h12,15H,1-2,4-9H2,3H3,(H,16,17). The highest BCUT2D eigenvalue weighted by Gasteiger charge is 2.09. The Morgan fingerprint density at radius 2 is 1.79 bits per heavy atom. The molecule has 5 heteroatoms. The molecule has 0 aromatic rings. The molecule has 0 aliphatic heterocycles. The van der Waals surface area contributed by atoms with Gasteiger partial charge >= 0.3 is 11.9 Å². The number of hydrogen-bond donors (Lipinski definition) is 2. The van der Waals surface area contributed by atoms with Crippen molar-refractivity contribution in [3.63, 3.8) is 0 Å². The molecule has 2 N–H and O–H groups in total. The van der Waals surface area contributed by atoms with Gasteiger partial charge in [-0.25, -0.2) is 9.59 Å². The van der Waals surface area contributed by atoms with Crippen LogP contribution in [0.3, 0.4) is 0 Å². The van der Waals surface area contributed by atoms with Gasteiger partial charge in [-0.2, -0.15) is 0 Å². The minimum Gasteiger partial charge on any atom is -0.478 e. The van der Waals surface area contributed by atoms with Crippen LogP contribution >= 0.6 is 0 Å². The van der Waals surface area contributed by atoms with E-state index < -0.39 is 18.0 Å². The molecule has 0 spiro atoms. The summed E-state index contributed by atoms with van der Waals surface area (Å²) in [5.41, 5.74) is 0.503. The monoisotopic (exact) mass is 270 g/mol. The van der Waals surface area contributed by atoms with Gasteiger partial charge in [0.15, 0.2) is 0 Å². The summed E-state index contributed by atoms with van der Waals surface area (Å²) < 4.78 is 4.98. The van der Waals surface area contributed by atoms with Crippen LogP contribution in [0, 0.1) is 0 Å². The van der Waals surface area contributed by atoms with Crippen molar-refractivity contribution >= 4 is 11.9 Å². The molecular weight excluding hydrogens is 248 g/mol. The van der Waals surface area contributed by atoms with Gasteiger partial charge in [0, 0.05) is 11.1 Å². The number of carboxylic acids is 1. The van der Waals surface area contributed by atoms with Crippen molar-refractivity contribution in [2.75, 3.05) is 6.61 Å². The number of carbonyl (C=O) groups excluding carboxylic acids is 1. The fourth-order valence-electron chi connectivity index (χ4n) is 1.30. The van der Waals surface area contributed by atoms with E-state index in [4.69, 9.17) is 14.9 Å². The van der Waals surface area contributed by atoms with E-state index in [1.54, 1.807) is 6.92 Å². The van der Waals surface area contributed by atoms with Crippen LogP contribution in [0.1, 0.15) is 39.0 Å². The Balaban J connectivity index is 3.66. The summed E-state index contributed by atoms with van der Waals surface area (Å²) in [6.45, 7) is 8.89. The Morgan fingerprint density at radius 1 is 1.16 bits per heavy atom. The molecule has 5 nitrogen and oxygen atoms in total. The molecule has 1 atom stereocenters. The highest BCUT2D eigenvalue weighted by Crippen LogP contribution is 2.09. The lowest BCUT2D eigenvalue weighted by atomic mass is 10.1. The third kappa shape index (κ3) is 9.02. The first kappa shape index (κ1) is 17.4. The maximum absolute atomic E-state index is 11.4. The van der Waals surface area contributed by atoms with Crippen LogP contribution in [-0.2, 0) is 14.3 Å². The second-order valence-corrected chi connectivity index (χ2v) is 4.49. The number of unbranched alkanes of at least 4 members (excludes halogenated alkanes) is 1. The van der Waals surface area contributed by atoms with Crippen LogP contribution in [-0.4, -0.2) is 34.9 Å². The van der Waals surface area contributed by atoms with Crippen molar-refractivity contribution in [3.05, 3.63) is 24.3 Å². The van der Waals surface area contributed by atoms with Gasteiger partial charge < -0.3 is 14.9 Å². The van der Waals surface area contributed by atoms with Gasteiger partial charge in [-0.15, -0.1) is 0 Å². The lowest BCUT2D eigenvalue weighted by Crippen LogP contribution is -2.10. The minimum atomic E-state index is -0.997. The van der Waals surface area contributed by atoms with Gasteiger partial charge in [0.2, 0.25) is 0 Å². The van der Waals surface area contributed by atoms with Gasteiger partial charge in [0.25, 0.3) is 0 Å². The molecule has 0 aromatic heterocycles. The molecule has 1 unspecified atom stereocenters. The number of esters is 1. The van der Waals surface area contributed by atoms with E-state index in [0.717, 1.165) is 0 Å². The first-order valence-corrected chi connectivity index (χ1v) is 6.28. The molecule has 0 rings (SSSR count). The molecule has 0 bridgehead atoms. The Hall–Kier alpha value is -1.62. The Labute approximate surface area is 113 Å². The molecular formula is C14H22O5. The topological polar surface area (TPSA) is 83.8 Å². The van der Waals surface area contributed by atoms with Gasteiger partial charge in [0.1, 0.15) is 0 Å². The van der Waals surface area contributed by atoms with Crippen LogP contribution in [0.25, 0.3) is 0 Å². The predicted octanol–water partition coefficient (Wildman–Crippen LogP) is 2.06. The molecule has 0 radical (unpaired) electrons. The zero-order chi connectivity index (χ0) is 14.8. The van der Waals surface area contributed by atoms with Crippen LogP contribution in [0.4, 0.5) is 0 Å². The van der Waals surface area contributed by atoms with Crippen LogP contribution < -0.4 is 0 Å². The summed E-state index contributed by atoms with van der Waals surface area (Å²) >= 11 is 0. The molecule has 0 amide bonds. The van der Waals surface area contributed by atoms with Crippen molar-refractivity contribution < 1.29 is 24.5 Å². The Bertz CT molecular complexity index is 344. The number of aliphatic carboxylic acids is 1. The fraction of sp³-hybridized carbons (Fsp3) is 0.571. The summed E-state index contributed by atoms with van der Waals surface area (Å²) in [5, 5.41) is 17.7. The van der Waals surface area contributed by atoms with E-state index in [0.29, 0.717) is 37.7 Å². The summed E-state index contributed by atoms with van der Waals surface area (Å²) in [6, 6.07) is 0. The van der Waals surface area contributed by atoms with Crippen LogP contribution in [0.5, 0.6) is 0 Å². The summed E-state index contributed by atoms with van der Waals surface area (Å²) in [7, 11) is 0. The fourth-order valence-corrected chi connectivity index (χ4v) is 1.30. The molecule has 0 aliphatic rings. The van der Waals surface area contributed by atoms with E-state index >= 15 is 0 Å². The van der Waals surface area contributed by atoms with Crippen LogP contribution in [0.15, 0.2) is 24.3 Å². The average molecular weight is 270 g/mol. The zero-order valence-corrected chi connectivity index (χ0v) is 11.4. The van der Waals surface area contributed by atoms with E-state index in [9.17, 15) is 9.59 Å². The number of aliphatic hydroxyl groups excluding tert-OH is 1. The molecule has 0 heterocycles. The van der Waals surface area contributed by atoms with E-state index in [-0.39, 0.29) is 12.2 Å². The number of aliphatic hydroxyl groups is 1. The normalized spacial score (nSPS) is 11.7. The number of hydrogen-bond acceptors (Lipinski definition) is 4. The number of ether oxygens (including phenoxy) is 1. The molecule has 0 saturated carbocycles. The van der Waals surface area contributed by atoms with Gasteiger partial charge in [0.05, 0.1) is 12.7 Å². The van der Waals surface area contributed by atoms with Crippen LogP contribution in [0.2, 0.25) is 0 Å². The van der Waals surface area contributed by atoms with Crippen molar-refractivity contribution in [2.45, 2.75) is 45.1 Å². The van der Waals surface area contributed by atoms with E-state index in [2.05, 4.69) is 13.2 Å². The van der Waals surface area contributed by atoms with Crippen molar-refractivity contribution in [2.24, 2.45) is 0 Å². The Kier molecular flexibility index (Phi) is 8.53. The molecule has 0 aliphatic carbocycles. The second-order valence-electron chi connectivity index (χ2n) is 4.49. The third-order valence-corrected chi connectivity index (χ3v) is 2.56. The maximum atomic E-state index is 11.4. The second kappa shape index (κ2) is 9.33. The van der Waals surface area contributed by atoms with E-state index in [1.807, 2.05) is 0 Å². The maximum Gasteiger partial charge on any atom is 0.333 e. The molecule has 0 saturated heterocycles. The first-order valence-electron chi connectivity index (χ1n) is 6.28. The smallest absolute Gasteiger partial charge is 0.333 e. The molecule has 0 aromatic carbocycles.